The van der Waals surface area contributed by atoms with E-state index in [1.165, 1.54) is 27.4 Å². The van der Waals surface area contributed by atoms with Gasteiger partial charge in [0.05, 0.1) is 20.3 Å². The number of hydrogen-bond donors (Lipinski definition) is 1. The Morgan fingerprint density at radius 3 is 2.12 bits per heavy atom. The van der Waals surface area contributed by atoms with Crippen LogP contribution in [0.4, 0.5) is 0 Å². The van der Waals surface area contributed by atoms with Crippen molar-refractivity contribution < 1.29 is 14.3 Å². The second-order valence-electron chi connectivity index (χ2n) is 9.21. The number of carbonyl (C=O) groups is 1. The predicted molar refractivity (Wildman–Crippen MR) is 110 cm³/mol. The standard InChI is InChI=1S/C21H35NO3Si/c1-10-24-20(23)18(25-21(4,5)6)17-13(2)15-11-22-12-16(15)14(3)19(17)26(7,8)9/h18,22H,10-12H2,1-9H3/t18-/m0/s1. The monoisotopic (exact) mass is 377 g/mol. The van der Waals surface area contributed by atoms with Crippen molar-refractivity contribution in [1.29, 1.82) is 0 Å². The molecule has 2 rings (SSSR count). The number of ether oxygens (including phenoxy) is 2. The Hall–Kier alpha value is -1.17. The molecule has 0 aromatic heterocycles. The summed E-state index contributed by atoms with van der Waals surface area (Å²) in [5.41, 5.74) is 5.86. The van der Waals surface area contributed by atoms with Crippen LogP contribution in [-0.2, 0) is 27.4 Å². The molecule has 1 aromatic carbocycles. The topological polar surface area (TPSA) is 47.6 Å². The first kappa shape index (κ1) is 21.1. The Morgan fingerprint density at radius 2 is 1.65 bits per heavy atom. The molecule has 1 atom stereocenters. The Balaban J connectivity index is 2.78. The van der Waals surface area contributed by atoms with E-state index >= 15 is 0 Å². The van der Waals surface area contributed by atoms with E-state index in [1.54, 1.807) is 0 Å². The van der Waals surface area contributed by atoms with E-state index in [4.69, 9.17) is 9.47 Å². The molecule has 1 N–H and O–H groups in total. The van der Waals surface area contributed by atoms with Gasteiger partial charge in [-0.3, -0.25) is 0 Å². The molecule has 0 amide bonds. The van der Waals surface area contributed by atoms with Gasteiger partial charge in [0, 0.05) is 13.1 Å². The molecule has 0 saturated heterocycles. The van der Waals surface area contributed by atoms with Crippen LogP contribution in [-0.4, -0.2) is 26.3 Å². The van der Waals surface area contributed by atoms with Gasteiger partial charge in [-0.2, -0.15) is 0 Å². The maximum Gasteiger partial charge on any atom is 0.339 e. The molecule has 1 aliphatic rings. The zero-order valence-electron chi connectivity index (χ0n) is 17.9. The highest BCUT2D eigenvalue weighted by atomic mass is 28.3. The summed E-state index contributed by atoms with van der Waals surface area (Å²) in [5, 5.41) is 4.82. The molecule has 0 radical (unpaired) electrons. The van der Waals surface area contributed by atoms with Crippen molar-refractivity contribution in [1.82, 2.24) is 5.32 Å². The summed E-state index contributed by atoms with van der Waals surface area (Å²) in [5.74, 6) is -0.282. The maximum absolute atomic E-state index is 12.9. The van der Waals surface area contributed by atoms with Gasteiger partial charge in [0.1, 0.15) is 0 Å². The lowest BCUT2D eigenvalue weighted by molar-refractivity contribution is -0.166. The zero-order valence-corrected chi connectivity index (χ0v) is 18.9. The highest BCUT2D eigenvalue weighted by Gasteiger charge is 2.38. The molecule has 26 heavy (non-hydrogen) atoms. The van der Waals surface area contributed by atoms with Crippen LogP contribution in [0.2, 0.25) is 19.6 Å². The molecule has 4 nitrogen and oxygen atoms in total. The van der Waals surface area contributed by atoms with Crippen LogP contribution in [0.5, 0.6) is 0 Å². The van der Waals surface area contributed by atoms with Crippen LogP contribution in [0.25, 0.3) is 0 Å². The lowest BCUT2D eigenvalue weighted by Gasteiger charge is -2.34. The fraction of sp³-hybridized carbons (Fsp3) is 0.667. The second kappa shape index (κ2) is 7.45. The Labute approximate surface area is 159 Å². The molecular weight excluding hydrogens is 342 g/mol. The predicted octanol–water partition coefficient (Wildman–Crippen LogP) is 3.87. The van der Waals surface area contributed by atoms with Crippen LogP contribution < -0.4 is 10.5 Å². The fourth-order valence-corrected chi connectivity index (χ4v) is 6.44. The molecule has 0 spiro atoms. The van der Waals surface area contributed by atoms with Gasteiger partial charge in [0.15, 0.2) is 6.10 Å². The summed E-state index contributed by atoms with van der Waals surface area (Å²) in [6.45, 7) is 21.3. The first-order valence-corrected chi connectivity index (χ1v) is 13.1. The van der Waals surface area contributed by atoms with Gasteiger partial charge in [0.25, 0.3) is 0 Å². The van der Waals surface area contributed by atoms with Gasteiger partial charge in [-0.25, -0.2) is 4.79 Å². The molecule has 0 aliphatic carbocycles. The number of nitrogens with one attached hydrogen (secondary N) is 1. The van der Waals surface area contributed by atoms with Crippen molar-refractivity contribution in [2.75, 3.05) is 6.61 Å². The Morgan fingerprint density at radius 1 is 1.12 bits per heavy atom. The molecular formula is C21H35NO3Si. The van der Waals surface area contributed by atoms with Crippen molar-refractivity contribution in [2.24, 2.45) is 0 Å². The number of rotatable bonds is 5. The van der Waals surface area contributed by atoms with E-state index in [0.29, 0.717) is 6.61 Å². The summed E-state index contributed by atoms with van der Waals surface area (Å²) in [6, 6.07) is 0. The van der Waals surface area contributed by atoms with Gasteiger partial charge in [0.2, 0.25) is 0 Å². The van der Waals surface area contributed by atoms with E-state index in [-0.39, 0.29) is 5.97 Å². The SMILES string of the molecule is CCOC(=O)[C@@H](OC(C)(C)C)c1c(C)c2c(c(C)c1[Si](C)(C)C)CNC2. The summed E-state index contributed by atoms with van der Waals surface area (Å²) in [6.07, 6.45) is -0.679. The molecule has 0 fully saturated rings. The highest BCUT2D eigenvalue weighted by Crippen LogP contribution is 2.34. The van der Waals surface area contributed by atoms with E-state index in [1.807, 2.05) is 27.7 Å². The molecule has 0 unspecified atom stereocenters. The van der Waals surface area contributed by atoms with Crippen LogP contribution in [0.1, 0.15) is 61.6 Å². The van der Waals surface area contributed by atoms with E-state index in [2.05, 4.69) is 38.8 Å². The average Bonchev–Trinajstić information content (AvgIpc) is 2.96. The molecule has 0 bridgehead atoms. The van der Waals surface area contributed by atoms with Gasteiger partial charge < -0.3 is 14.8 Å². The molecule has 5 heteroatoms. The third kappa shape index (κ3) is 4.21. The number of esters is 1. The maximum atomic E-state index is 12.9. The number of hydrogen-bond acceptors (Lipinski definition) is 4. The van der Waals surface area contributed by atoms with Crippen molar-refractivity contribution in [3.8, 4) is 0 Å². The third-order valence-electron chi connectivity index (χ3n) is 4.91. The lowest BCUT2D eigenvalue weighted by Crippen LogP contribution is -2.46. The Kier molecular flexibility index (Phi) is 6.05. The summed E-state index contributed by atoms with van der Waals surface area (Å²) in [4.78, 5) is 12.9. The normalized spacial score (nSPS) is 15.7. The smallest absolute Gasteiger partial charge is 0.339 e. The average molecular weight is 378 g/mol. The van der Waals surface area contributed by atoms with Crippen molar-refractivity contribution >= 4 is 19.2 Å². The molecule has 146 valence electrons. The molecule has 1 aliphatic heterocycles. The van der Waals surface area contributed by atoms with Crippen LogP contribution >= 0.6 is 0 Å². The lowest BCUT2D eigenvalue weighted by atomic mass is 9.91. The first-order chi connectivity index (χ1) is 11.9. The zero-order chi connectivity index (χ0) is 19.9. The Bertz CT molecular complexity index is 699. The minimum absolute atomic E-state index is 0.282. The largest absolute Gasteiger partial charge is 0.464 e. The molecule has 1 heterocycles. The third-order valence-corrected chi connectivity index (χ3v) is 7.05. The second-order valence-corrected chi connectivity index (χ2v) is 14.2. The summed E-state index contributed by atoms with van der Waals surface area (Å²) in [7, 11) is -1.72. The number of fused-ring (bicyclic) bond motifs is 1. The van der Waals surface area contributed by atoms with E-state index < -0.39 is 19.8 Å². The highest BCUT2D eigenvalue weighted by molar-refractivity contribution is 6.89. The first-order valence-electron chi connectivity index (χ1n) is 9.59. The molecule has 1 aromatic rings. The van der Waals surface area contributed by atoms with Crippen molar-refractivity contribution in [2.45, 2.75) is 86.0 Å². The number of benzene rings is 1. The van der Waals surface area contributed by atoms with E-state index in [9.17, 15) is 4.79 Å². The molecule has 0 saturated carbocycles. The van der Waals surface area contributed by atoms with Gasteiger partial charge in [-0.05, 0) is 69.4 Å². The summed E-state index contributed by atoms with van der Waals surface area (Å²) >= 11 is 0. The van der Waals surface area contributed by atoms with Crippen LogP contribution in [0, 0.1) is 13.8 Å². The fourth-order valence-electron chi connectivity index (χ4n) is 4.04. The van der Waals surface area contributed by atoms with Crippen LogP contribution in [0.15, 0.2) is 0 Å². The minimum atomic E-state index is -1.72. The minimum Gasteiger partial charge on any atom is -0.464 e. The quantitative estimate of drug-likeness (QED) is 0.625. The van der Waals surface area contributed by atoms with Crippen molar-refractivity contribution in [3.63, 3.8) is 0 Å². The van der Waals surface area contributed by atoms with Crippen molar-refractivity contribution in [3.05, 3.63) is 27.8 Å². The number of carbonyl (C=O) groups excluding carboxylic acids is 1. The van der Waals surface area contributed by atoms with Gasteiger partial charge in [-0.1, -0.05) is 24.8 Å². The van der Waals surface area contributed by atoms with Gasteiger partial charge in [-0.15, -0.1) is 0 Å². The van der Waals surface area contributed by atoms with E-state index in [0.717, 1.165) is 18.7 Å². The van der Waals surface area contributed by atoms with Gasteiger partial charge >= 0.3 is 5.97 Å². The summed E-state index contributed by atoms with van der Waals surface area (Å²) < 4.78 is 11.7. The van der Waals surface area contributed by atoms with Crippen LogP contribution in [0.3, 0.4) is 0 Å².